The quantitative estimate of drug-likeness (QED) is 0.118. The van der Waals surface area contributed by atoms with E-state index in [1.54, 1.807) is 38.1 Å². The Bertz CT molecular complexity index is 1340. The second-order valence-electron chi connectivity index (χ2n) is 11.7. The van der Waals surface area contributed by atoms with Gasteiger partial charge in [-0.15, -0.1) is 0 Å². The smallest absolute Gasteiger partial charge is 0.246 e. The number of sulfonamides is 1. The maximum atomic E-state index is 13.8. The lowest BCUT2D eigenvalue weighted by Crippen LogP contribution is -2.63. The third-order valence-electron chi connectivity index (χ3n) is 8.15. The summed E-state index contributed by atoms with van der Waals surface area (Å²) in [5.74, 6) is -1.10. The molecule has 0 saturated heterocycles. The second-order valence-corrected chi connectivity index (χ2v) is 13.5. The number of nitrogens with zero attached hydrogens (tertiary/aromatic N) is 1. The zero-order chi connectivity index (χ0) is 29.6. The normalized spacial score (nSPS) is 18.1. The van der Waals surface area contributed by atoms with Crippen molar-refractivity contribution in [3.63, 3.8) is 0 Å². The van der Waals surface area contributed by atoms with Gasteiger partial charge in [-0.1, -0.05) is 86.8 Å². The van der Waals surface area contributed by atoms with Crippen molar-refractivity contribution in [2.45, 2.75) is 76.9 Å². The van der Waals surface area contributed by atoms with Crippen molar-refractivity contribution >= 4 is 27.7 Å². The summed E-state index contributed by atoms with van der Waals surface area (Å²) in [6, 6.07) is 13.6. The second kappa shape index (κ2) is 13.0. The molecule has 2 aromatic rings. The molecule has 0 unspecified atom stereocenters. The van der Waals surface area contributed by atoms with Crippen molar-refractivity contribution in [2.75, 3.05) is 5.75 Å². The molecule has 1 atom stereocenters. The van der Waals surface area contributed by atoms with Crippen LogP contribution in [0.3, 0.4) is 0 Å². The minimum absolute atomic E-state index is 0.00910. The Balaban J connectivity index is 1.50. The number of rotatable bonds is 11. The predicted octanol–water partition coefficient (Wildman–Crippen LogP) is 2.58. The highest BCUT2D eigenvalue weighted by molar-refractivity contribution is 7.89. The summed E-state index contributed by atoms with van der Waals surface area (Å²) in [6.07, 6.45) is 5.54. The fraction of sp³-hybridized carbons (Fsp3) is 0.500. The van der Waals surface area contributed by atoms with Crippen molar-refractivity contribution in [2.24, 2.45) is 22.7 Å². The van der Waals surface area contributed by atoms with E-state index in [4.69, 9.17) is 10.9 Å². The van der Waals surface area contributed by atoms with Crippen LogP contribution in [-0.4, -0.2) is 48.6 Å². The third kappa shape index (κ3) is 7.65. The molecule has 6 N–H and O–H groups in total. The molecule has 2 aliphatic rings. The minimum atomic E-state index is -3.70. The summed E-state index contributed by atoms with van der Waals surface area (Å²) in [7, 11) is -3.70. The molecule has 41 heavy (non-hydrogen) atoms. The molecule has 2 aromatic carbocycles. The Morgan fingerprint density at radius 2 is 1.63 bits per heavy atom. The van der Waals surface area contributed by atoms with E-state index in [9.17, 15) is 18.0 Å². The Hall–Kier alpha value is -3.44. The van der Waals surface area contributed by atoms with Gasteiger partial charge in [0.25, 0.3) is 0 Å². The Morgan fingerprint density at radius 3 is 2.20 bits per heavy atom. The topological polar surface area (TPSA) is 163 Å². The monoisotopic (exact) mass is 583 g/mol. The number of hydrogen-bond acceptors (Lipinski definition) is 6. The number of fused-ring (bicyclic) bond motifs is 1. The predicted molar refractivity (Wildman–Crippen MR) is 158 cm³/mol. The molecule has 0 heterocycles. The molecule has 0 bridgehead atoms. The number of carbonyl (C=O) groups excluding carboxylic acids is 2. The van der Waals surface area contributed by atoms with Crippen LogP contribution in [0.2, 0.25) is 0 Å². The Morgan fingerprint density at radius 1 is 1.02 bits per heavy atom. The number of amidine groups is 1. The Kier molecular flexibility index (Phi) is 9.70. The van der Waals surface area contributed by atoms with E-state index < -0.39 is 27.5 Å². The highest BCUT2D eigenvalue weighted by atomic mass is 32.2. The number of benzene rings is 2. The fourth-order valence-corrected chi connectivity index (χ4v) is 7.65. The zero-order valence-corrected chi connectivity index (χ0v) is 24.5. The van der Waals surface area contributed by atoms with E-state index >= 15 is 0 Å². The molecule has 222 valence electrons. The summed E-state index contributed by atoms with van der Waals surface area (Å²) < 4.78 is 28.8. The lowest BCUT2D eigenvalue weighted by molar-refractivity contribution is -0.134. The summed E-state index contributed by atoms with van der Waals surface area (Å²) in [5.41, 5.74) is 7.63. The lowest BCUT2D eigenvalue weighted by Gasteiger charge is -2.32. The van der Waals surface area contributed by atoms with Crippen molar-refractivity contribution in [1.29, 1.82) is 0 Å². The molecule has 0 spiro atoms. The van der Waals surface area contributed by atoms with Crippen LogP contribution in [0.5, 0.6) is 0 Å². The van der Waals surface area contributed by atoms with Crippen LogP contribution in [0.4, 0.5) is 0 Å². The zero-order valence-electron chi connectivity index (χ0n) is 23.7. The summed E-state index contributed by atoms with van der Waals surface area (Å²) in [5, 5.41) is 17.8. The van der Waals surface area contributed by atoms with Crippen molar-refractivity contribution in [3.8, 4) is 0 Å². The number of nitrogens with one attached hydrogen (secondary N) is 3. The highest BCUT2D eigenvalue weighted by Gasteiger charge is 2.46. The molecule has 11 heteroatoms. The van der Waals surface area contributed by atoms with Crippen LogP contribution >= 0.6 is 0 Å². The van der Waals surface area contributed by atoms with Crippen LogP contribution in [0.1, 0.15) is 68.2 Å². The summed E-state index contributed by atoms with van der Waals surface area (Å²) in [6.45, 7) is 3.79. The van der Waals surface area contributed by atoms with Crippen LogP contribution in [0.15, 0.2) is 53.7 Å². The molecule has 1 saturated carbocycles. The number of hydrogen-bond donors (Lipinski definition) is 5. The van der Waals surface area contributed by atoms with E-state index in [2.05, 4.69) is 20.5 Å². The van der Waals surface area contributed by atoms with Gasteiger partial charge in [0.05, 0.1) is 5.75 Å². The van der Waals surface area contributed by atoms with Crippen molar-refractivity contribution in [1.82, 2.24) is 15.4 Å². The van der Waals surface area contributed by atoms with Crippen molar-refractivity contribution in [3.05, 3.63) is 70.8 Å². The van der Waals surface area contributed by atoms with E-state index in [0.29, 0.717) is 18.4 Å². The van der Waals surface area contributed by atoms with Gasteiger partial charge in [0.1, 0.15) is 11.6 Å². The summed E-state index contributed by atoms with van der Waals surface area (Å²) in [4.78, 5) is 27.5. The van der Waals surface area contributed by atoms with Gasteiger partial charge in [-0.25, -0.2) is 13.1 Å². The molecule has 1 fully saturated rings. The summed E-state index contributed by atoms with van der Waals surface area (Å²) >= 11 is 0. The Labute approximate surface area is 242 Å². The van der Waals surface area contributed by atoms with E-state index in [1.165, 1.54) is 0 Å². The van der Waals surface area contributed by atoms with Gasteiger partial charge in [0, 0.05) is 24.9 Å². The van der Waals surface area contributed by atoms with Gasteiger partial charge >= 0.3 is 0 Å². The standard InChI is InChI=1S/C30H41N5O5S/c1-20(2)26(35-41(39,40)19-22-8-4-3-5-9-22)28(36)33-30(16-24-10-6-7-11-25(24)17-30)29(37)32-18-21-12-14-23(15-13-21)27(31)34-38/h6-7,10-15,20,22,26,35,38H,3-5,8-9,16-19H2,1-2H3,(H2,31,34)(H,32,37)(H,33,36)/t26-/m1/s1. The number of carbonyl (C=O) groups is 2. The number of amides is 2. The lowest BCUT2D eigenvalue weighted by atomic mass is 9.91. The molecule has 10 nitrogen and oxygen atoms in total. The van der Waals surface area contributed by atoms with Gasteiger partial charge in [0.15, 0.2) is 5.84 Å². The number of nitrogens with two attached hydrogens (primary N) is 1. The third-order valence-corrected chi connectivity index (χ3v) is 9.67. The maximum Gasteiger partial charge on any atom is 0.246 e. The molecule has 4 rings (SSSR count). The molecule has 0 aromatic heterocycles. The first-order chi connectivity index (χ1) is 19.5. The van der Waals surface area contributed by atoms with E-state index in [1.807, 2.05) is 24.3 Å². The fourth-order valence-electron chi connectivity index (χ4n) is 5.84. The van der Waals surface area contributed by atoms with Gasteiger partial charge < -0.3 is 21.6 Å². The minimum Gasteiger partial charge on any atom is -0.409 e. The highest BCUT2D eigenvalue weighted by Crippen LogP contribution is 2.31. The van der Waals surface area contributed by atoms with Gasteiger partial charge in [-0.2, -0.15) is 0 Å². The van der Waals surface area contributed by atoms with Crippen LogP contribution in [-0.2, 0) is 39.0 Å². The first kappa shape index (κ1) is 30.5. The molecule has 2 amide bonds. The van der Waals surface area contributed by atoms with Crippen molar-refractivity contribution < 1.29 is 23.2 Å². The average Bonchev–Trinajstić information content (AvgIpc) is 3.34. The SMILES string of the molecule is CC(C)[C@@H](NS(=O)(=O)CC1CCCCC1)C(=O)NC1(C(=O)NCc2ccc(C(N)=NO)cc2)Cc2ccccc2C1. The largest absolute Gasteiger partial charge is 0.409 e. The van der Waals surface area contributed by atoms with Crippen LogP contribution < -0.4 is 21.1 Å². The molecule has 0 aliphatic heterocycles. The first-order valence-corrected chi connectivity index (χ1v) is 15.9. The first-order valence-electron chi connectivity index (χ1n) is 14.3. The van der Waals surface area contributed by atoms with Crippen LogP contribution in [0.25, 0.3) is 0 Å². The molecule has 2 aliphatic carbocycles. The van der Waals surface area contributed by atoms with Crippen LogP contribution in [0, 0.1) is 11.8 Å². The number of oxime groups is 1. The van der Waals surface area contributed by atoms with E-state index in [-0.39, 0.29) is 35.9 Å². The van der Waals surface area contributed by atoms with Gasteiger partial charge in [-0.05, 0) is 41.4 Å². The molecular formula is C30H41N5O5S. The maximum absolute atomic E-state index is 13.8. The molecule has 0 radical (unpaired) electrons. The molecular weight excluding hydrogens is 542 g/mol. The van der Waals surface area contributed by atoms with Gasteiger partial charge in [-0.3, -0.25) is 9.59 Å². The van der Waals surface area contributed by atoms with E-state index in [0.717, 1.165) is 48.8 Å². The average molecular weight is 584 g/mol. The van der Waals surface area contributed by atoms with Gasteiger partial charge in [0.2, 0.25) is 21.8 Å².